The minimum atomic E-state index is 0.620. The zero-order chi connectivity index (χ0) is 13.1. The average Bonchev–Trinajstić information content (AvgIpc) is 2.72. The largest absolute Gasteiger partial charge is 0.298 e. The van der Waals surface area contributed by atoms with Crippen LogP contribution in [0.4, 0.5) is 0 Å². The molecule has 0 unspecified atom stereocenters. The molecule has 2 aromatic rings. The molecule has 0 N–H and O–H groups in total. The van der Waals surface area contributed by atoms with E-state index in [2.05, 4.69) is 62.2 Å². The van der Waals surface area contributed by atoms with Gasteiger partial charge in [0.15, 0.2) is 0 Å². The summed E-state index contributed by atoms with van der Waals surface area (Å²) in [5.74, 6) is 0. The molecule has 0 saturated carbocycles. The zero-order valence-corrected chi connectivity index (χ0v) is 12.6. The Labute approximate surface area is 114 Å². The Bertz CT molecular complexity index is 491. The van der Waals surface area contributed by atoms with Gasteiger partial charge in [0, 0.05) is 23.3 Å². The van der Waals surface area contributed by atoms with Crippen molar-refractivity contribution in [3.63, 3.8) is 0 Å². The third-order valence-corrected chi connectivity index (χ3v) is 4.54. The van der Waals surface area contributed by atoms with Gasteiger partial charge in [0.1, 0.15) is 0 Å². The van der Waals surface area contributed by atoms with E-state index in [4.69, 9.17) is 0 Å². The molecule has 2 heteroatoms. The van der Waals surface area contributed by atoms with Gasteiger partial charge in [0.05, 0.1) is 0 Å². The van der Waals surface area contributed by atoms with Crippen molar-refractivity contribution >= 4 is 21.4 Å². The van der Waals surface area contributed by atoms with Crippen molar-refractivity contribution in [1.29, 1.82) is 0 Å². The van der Waals surface area contributed by atoms with Gasteiger partial charge in [-0.3, -0.25) is 4.90 Å². The minimum Gasteiger partial charge on any atom is -0.298 e. The fourth-order valence-electron chi connectivity index (χ4n) is 2.59. The number of hydrogen-bond donors (Lipinski definition) is 0. The first-order chi connectivity index (χ1) is 8.59. The summed E-state index contributed by atoms with van der Waals surface area (Å²) >= 11 is 1.86. The molecule has 98 valence electrons. The highest BCUT2D eigenvalue weighted by atomic mass is 32.1. The highest BCUT2D eigenvalue weighted by Gasteiger charge is 2.13. The van der Waals surface area contributed by atoms with Crippen LogP contribution in [0.25, 0.3) is 10.1 Å². The molecule has 0 bridgehead atoms. The molecule has 0 spiro atoms. The third kappa shape index (κ3) is 2.93. The summed E-state index contributed by atoms with van der Waals surface area (Å²) in [5, 5.41) is 3.76. The van der Waals surface area contributed by atoms with Crippen molar-refractivity contribution in [2.75, 3.05) is 6.54 Å². The van der Waals surface area contributed by atoms with E-state index in [1.54, 1.807) is 0 Å². The average molecular weight is 261 g/mol. The molecule has 0 atom stereocenters. The first-order valence-corrected chi connectivity index (χ1v) is 7.68. The van der Waals surface area contributed by atoms with E-state index in [9.17, 15) is 0 Å². The molecular weight excluding hydrogens is 238 g/mol. The summed E-state index contributed by atoms with van der Waals surface area (Å²) in [6.07, 6.45) is 1.15. The number of fused-ring (bicyclic) bond motifs is 1. The number of thiophene rings is 1. The van der Waals surface area contributed by atoms with Crippen molar-refractivity contribution in [2.24, 2.45) is 0 Å². The summed E-state index contributed by atoms with van der Waals surface area (Å²) in [6, 6.07) is 9.96. The second-order valence-corrected chi connectivity index (χ2v) is 6.34. The normalized spacial score (nSPS) is 12.2. The summed E-state index contributed by atoms with van der Waals surface area (Å²) in [5.41, 5.74) is 1.50. The van der Waals surface area contributed by atoms with Gasteiger partial charge in [-0.1, -0.05) is 18.2 Å². The van der Waals surface area contributed by atoms with Crippen LogP contribution >= 0.6 is 11.3 Å². The molecule has 0 aliphatic rings. The van der Waals surface area contributed by atoms with E-state index in [0.29, 0.717) is 12.1 Å². The van der Waals surface area contributed by atoms with Crippen LogP contribution in [0.1, 0.15) is 33.3 Å². The van der Waals surface area contributed by atoms with Crippen molar-refractivity contribution in [1.82, 2.24) is 4.90 Å². The number of benzene rings is 1. The Balaban J connectivity index is 2.10. The van der Waals surface area contributed by atoms with E-state index >= 15 is 0 Å². The van der Waals surface area contributed by atoms with Gasteiger partial charge in [-0.15, -0.1) is 11.3 Å². The molecule has 1 aromatic carbocycles. The van der Waals surface area contributed by atoms with E-state index in [1.165, 1.54) is 15.6 Å². The Hall–Kier alpha value is -0.860. The number of rotatable bonds is 5. The Morgan fingerprint density at radius 1 is 1.06 bits per heavy atom. The Morgan fingerprint density at radius 3 is 2.39 bits per heavy atom. The van der Waals surface area contributed by atoms with Crippen molar-refractivity contribution in [2.45, 2.75) is 46.2 Å². The standard InChI is InChI=1S/C16H23NS/c1-12(2)17(13(3)4)10-9-14-11-18-16-8-6-5-7-15(14)16/h5-8,11-13H,9-10H2,1-4H3. The molecule has 1 aromatic heterocycles. The number of hydrogen-bond acceptors (Lipinski definition) is 2. The highest BCUT2D eigenvalue weighted by Crippen LogP contribution is 2.26. The van der Waals surface area contributed by atoms with E-state index in [1.807, 2.05) is 11.3 Å². The van der Waals surface area contributed by atoms with Gasteiger partial charge in [-0.25, -0.2) is 0 Å². The van der Waals surface area contributed by atoms with Crippen LogP contribution in [-0.2, 0) is 6.42 Å². The van der Waals surface area contributed by atoms with E-state index < -0.39 is 0 Å². The third-order valence-electron chi connectivity index (χ3n) is 3.53. The quantitative estimate of drug-likeness (QED) is 0.762. The predicted octanol–water partition coefficient (Wildman–Crippen LogP) is 4.56. The van der Waals surface area contributed by atoms with Crippen LogP contribution in [0.5, 0.6) is 0 Å². The molecule has 1 heterocycles. The van der Waals surface area contributed by atoms with Gasteiger partial charge >= 0.3 is 0 Å². The maximum absolute atomic E-state index is 2.56. The maximum atomic E-state index is 2.56. The van der Waals surface area contributed by atoms with Crippen LogP contribution < -0.4 is 0 Å². The number of nitrogens with zero attached hydrogens (tertiary/aromatic N) is 1. The minimum absolute atomic E-state index is 0.620. The first-order valence-electron chi connectivity index (χ1n) is 6.80. The molecular formula is C16H23NS. The lowest BCUT2D eigenvalue weighted by molar-refractivity contribution is 0.177. The second-order valence-electron chi connectivity index (χ2n) is 5.43. The molecule has 1 nitrogen and oxygen atoms in total. The van der Waals surface area contributed by atoms with Crippen LogP contribution in [0.15, 0.2) is 29.6 Å². The zero-order valence-electron chi connectivity index (χ0n) is 11.8. The van der Waals surface area contributed by atoms with Gasteiger partial charge in [-0.05, 0) is 56.5 Å². The lowest BCUT2D eigenvalue weighted by atomic mass is 10.1. The molecule has 0 aliphatic heterocycles. The van der Waals surface area contributed by atoms with Crippen LogP contribution in [0, 0.1) is 0 Å². The summed E-state index contributed by atoms with van der Waals surface area (Å²) in [6.45, 7) is 10.3. The molecule has 0 fully saturated rings. The first kappa shape index (κ1) is 13.6. The maximum Gasteiger partial charge on any atom is 0.0345 e. The summed E-state index contributed by atoms with van der Waals surface area (Å²) in [7, 11) is 0. The highest BCUT2D eigenvalue weighted by molar-refractivity contribution is 7.17. The smallest absolute Gasteiger partial charge is 0.0345 e. The van der Waals surface area contributed by atoms with Crippen molar-refractivity contribution < 1.29 is 0 Å². The molecule has 2 rings (SSSR count). The monoisotopic (exact) mass is 261 g/mol. The second kappa shape index (κ2) is 5.85. The molecule has 0 amide bonds. The topological polar surface area (TPSA) is 3.24 Å². The van der Waals surface area contributed by atoms with Crippen molar-refractivity contribution in [3.05, 3.63) is 35.2 Å². The van der Waals surface area contributed by atoms with Crippen molar-refractivity contribution in [3.8, 4) is 0 Å². The molecule has 18 heavy (non-hydrogen) atoms. The van der Waals surface area contributed by atoms with Gasteiger partial charge in [0.25, 0.3) is 0 Å². The predicted molar refractivity (Wildman–Crippen MR) is 82.5 cm³/mol. The molecule has 0 aliphatic carbocycles. The molecule has 0 saturated heterocycles. The van der Waals surface area contributed by atoms with Crippen LogP contribution in [-0.4, -0.2) is 23.5 Å². The lowest BCUT2D eigenvalue weighted by Crippen LogP contribution is -2.38. The summed E-state index contributed by atoms with van der Waals surface area (Å²) < 4.78 is 1.41. The van der Waals surface area contributed by atoms with E-state index in [-0.39, 0.29) is 0 Å². The van der Waals surface area contributed by atoms with Gasteiger partial charge in [-0.2, -0.15) is 0 Å². The van der Waals surface area contributed by atoms with Crippen LogP contribution in [0.2, 0.25) is 0 Å². The SMILES string of the molecule is CC(C)N(CCc1csc2ccccc12)C(C)C. The van der Waals surface area contributed by atoms with E-state index in [0.717, 1.165) is 13.0 Å². The molecule has 0 radical (unpaired) electrons. The summed E-state index contributed by atoms with van der Waals surface area (Å²) in [4.78, 5) is 2.56. The Morgan fingerprint density at radius 2 is 1.72 bits per heavy atom. The van der Waals surface area contributed by atoms with Crippen LogP contribution in [0.3, 0.4) is 0 Å². The fraction of sp³-hybridized carbons (Fsp3) is 0.500. The fourth-order valence-corrected chi connectivity index (χ4v) is 3.59. The van der Waals surface area contributed by atoms with Gasteiger partial charge < -0.3 is 0 Å². The lowest BCUT2D eigenvalue weighted by Gasteiger charge is -2.30. The van der Waals surface area contributed by atoms with Gasteiger partial charge in [0.2, 0.25) is 0 Å². The Kier molecular flexibility index (Phi) is 4.41.